The molecule has 1 amide bonds. The Hall–Kier alpha value is -3.80. The van der Waals surface area contributed by atoms with E-state index >= 15 is 0 Å². The van der Waals surface area contributed by atoms with E-state index in [1.54, 1.807) is 19.9 Å². The van der Waals surface area contributed by atoms with Gasteiger partial charge in [0.25, 0.3) is 5.91 Å². The minimum Gasteiger partial charge on any atom is -0.495 e. The molecule has 9 heteroatoms. The highest BCUT2D eigenvalue weighted by Gasteiger charge is 2.29. The second-order valence-electron chi connectivity index (χ2n) is 7.79. The zero-order valence-corrected chi connectivity index (χ0v) is 17.9. The summed E-state index contributed by atoms with van der Waals surface area (Å²) >= 11 is 0. The standard InChI is InChI=1S/C22H24N4O5/c1-13-9-14(10-16(30-4)15(13)5-6-22(2,3)11-17(27)28)26-7-8-31-20-18(21(26)29)19(23)24-12-25-20/h9-10,12H,7-8,11H2,1-4H3,(H,27,28)(H2,23,24,25). The Morgan fingerprint density at radius 1 is 1.39 bits per heavy atom. The molecule has 1 aliphatic heterocycles. The van der Waals surface area contributed by atoms with Gasteiger partial charge in [-0.05, 0) is 32.4 Å². The first-order valence-corrected chi connectivity index (χ1v) is 9.61. The van der Waals surface area contributed by atoms with Crippen molar-refractivity contribution in [2.75, 3.05) is 30.9 Å². The van der Waals surface area contributed by atoms with Crippen LogP contribution in [0.4, 0.5) is 11.5 Å². The van der Waals surface area contributed by atoms with E-state index < -0.39 is 11.4 Å². The molecule has 0 saturated heterocycles. The number of nitrogens with zero attached hydrogens (tertiary/aromatic N) is 3. The van der Waals surface area contributed by atoms with E-state index in [-0.39, 0.29) is 42.7 Å². The van der Waals surface area contributed by atoms with Crippen LogP contribution < -0.4 is 20.1 Å². The number of carboxylic acid groups (broad SMARTS) is 1. The third-order valence-electron chi connectivity index (χ3n) is 4.79. The summed E-state index contributed by atoms with van der Waals surface area (Å²) in [4.78, 5) is 33.7. The van der Waals surface area contributed by atoms with Gasteiger partial charge in [0.15, 0.2) is 0 Å². The average molecular weight is 424 g/mol. The molecule has 9 nitrogen and oxygen atoms in total. The monoisotopic (exact) mass is 424 g/mol. The Morgan fingerprint density at radius 2 is 2.13 bits per heavy atom. The Balaban J connectivity index is 2.01. The largest absolute Gasteiger partial charge is 0.495 e. The number of aryl methyl sites for hydroxylation is 1. The maximum atomic E-state index is 13.2. The number of methoxy groups -OCH3 is 1. The zero-order valence-electron chi connectivity index (χ0n) is 17.9. The number of nitrogen functional groups attached to an aromatic ring is 1. The maximum Gasteiger partial charge on any atom is 0.304 e. The van der Waals surface area contributed by atoms with Crippen molar-refractivity contribution in [3.63, 3.8) is 0 Å². The molecule has 0 unspecified atom stereocenters. The van der Waals surface area contributed by atoms with Crippen molar-refractivity contribution in [3.05, 3.63) is 35.2 Å². The van der Waals surface area contributed by atoms with E-state index in [2.05, 4.69) is 21.8 Å². The van der Waals surface area contributed by atoms with E-state index in [0.29, 0.717) is 17.0 Å². The number of rotatable bonds is 4. The van der Waals surface area contributed by atoms with Crippen molar-refractivity contribution in [1.82, 2.24) is 9.97 Å². The van der Waals surface area contributed by atoms with Crippen molar-refractivity contribution in [2.24, 2.45) is 5.41 Å². The number of nitrogens with two attached hydrogens (primary N) is 1. The molecule has 3 N–H and O–H groups in total. The van der Waals surface area contributed by atoms with Gasteiger partial charge < -0.3 is 25.2 Å². The van der Waals surface area contributed by atoms with Crippen molar-refractivity contribution >= 4 is 23.4 Å². The van der Waals surface area contributed by atoms with Gasteiger partial charge in [-0.1, -0.05) is 11.8 Å². The van der Waals surface area contributed by atoms with Gasteiger partial charge in [0.2, 0.25) is 5.88 Å². The minimum absolute atomic E-state index is 0.0498. The third-order valence-corrected chi connectivity index (χ3v) is 4.79. The Kier molecular flexibility index (Phi) is 6.02. The van der Waals surface area contributed by atoms with Crippen LogP contribution in [0.3, 0.4) is 0 Å². The molecule has 1 aromatic heterocycles. The number of ether oxygens (including phenoxy) is 2. The van der Waals surface area contributed by atoms with Crippen molar-refractivity contribution in [1.29, 1.82) is 0 Å². The number of aliphatic carboxylic acids is 1. The first-order chi connectivity index (χ1) is 14.6. The lowest BCUT2D eigenvalue weighted by Crippen LogP contribution is -2.33. The molecule has 0 radical (unpaired) electrons. The minimum atomic E-state index is -0.913. The number of carboxylic acids is 1. The smallest absolute Gasteiger partial charge is 0.304 e. The van der Waals surface area contributed by atoms with Crippen LogP contribution in [-0.2, 0) is 4.79 Å². The van der Waals surface area contributed by atoms with Crippen LogP contribution in [0.25, 0.3) is 0 Å². The van der Waals surface area contributed by atoms with Gasteiger partial charge >= 0.3 is 5.97 Å². The molecule has 3 rings (SSSR count). The predicted molar refractivity (Wildman–Crippen MR) is 114 cm³/mol. The summed E-state index contributed by atoms with van der Waals surface area (Å²) < 4.78 is 11.1. The summed E-state index contributed by atoms with van der Waals surface area (Å²) in [5, 5.41) is 9.06. The van der Waals surface area contributed by atoms with Gasteiger partial charge in [0, 0.05) is 17.2 Å². The van der Waals surface area contributed by atoms with Crippen LogP contribution in [0.2, 0.25) is 0 Å². The first kappa shape index (κ1) is 21.9. The molecule has 2 heterocycles. The van der Waals surface area contributed by atoms with E-state index in [4.69, 9.17) is 20.3 Å². The Morgan fingerprint density at radius 3 is 2.81 bits per heavy atom. The van der Waals surface area contributed by atoms with Crippen LogP contribution in [0.5, 0.6) is 11.6 Å². The molecule has 1 aromatic carbocycles. The van der Waals surface area contributed by atoms with Crippen LogP contribution in [0.15, 0.2) is 18.5 Å². The van der Waals surface area contributed by atoms with Crippen LogP contribution in [-0.4, -0.2) is 47.2 Å². The number of amides is 1. The molecule has 0 aliphatic carbocycles. The summed E-state index contributed by atoms with van der Waals surface area (Å²) in [7, 11) is 1.51. The SMILES string of the molecule is COc1cc(N2CCOc3ncnc(N)c3C2=O)cc(C)c1C#CC(C)(C)CC(=O)O. The first-order valence-electron chi connectivity index (χ1n) is 9.61. The van der Waals surface area contributed by atoms with E-state index in [9.17, 15) is 9.59 Å². The summed E-state index contributed by atoms with van der Waals surface area (Å²) in [6.07, 6.45) is 1.17. The highest BCUT2D eigenvalue weighted by molar-refractivity contribution is 6.10. The molecule has 0 atom stereocenters. The van der Waals surface area contributed by atoms with Gasteiger partial charge in [0.05, 0.1) is 25.6 Å². The van der Waals surface area contributed by atoms with E-state index in [0.717, 1.165) is 5.56 Å². The molecule has 0 fully saturated rings. The molecule has 2 aromatic rings. The lowest BCUT2D eigenvalue weighted by atomic mass is 9.89. The quantitative estimate of drug-likeness (QED) is 0.716. The molecule has 0 bridgehead atoms. The molecule has 1 aliphatic rings. The number of fused-ring (bicyclic) bond motifs is 1. The number of hydrogen-bond donors (Lipinski definition) is 2. The van der Waals surface area contributed by atoms with Crippen molar-refractivity contribution in [2.45, 2.75) is 27.2 Å². The lowest BCUT2D eigenvalue weighted by Gasteiger charge is -2.22. The fourth-order valence-electron chi connectivity index (χ4n) is 3.28. The molecule has 31 heavy (non-hydrogen) atoms. The number of benzene rings is 1. The number of aromatic nitrogens is 2. The summed E-state index contributed by atoms with van der Waals surface area (Å²) in [5.41, 5.74) is 7.32. The number of hydrogen-bond acceptors (Lipinski definition) is 7. The summed E-state index contributed by atoms with van der Waals surface area (Å²) in [5.74, 6) is 5.47. The lowest BCUT2D eigenvalue weighted by molar-refractivity contribution is -0.138. The fourth-order valence-corrected chi connectivity index (χ4v) is 3.28. The molecular weight excluding hydrogens is 400 g/mol. The van der Waals surface area contributed by atoms with Crippen LogP contribution in [0, 0.1) is 24.2 Å². The number of anilines is 2. The molecule has 0 spiro atoms. The topological polar surface area (TPSA) is 128 Å². The second kappa shape index (κ2) is 8.52. The zero-order chi connectivity index (χ0) is 22.8. The molecule has 162 valence electrons. The molecule has 0 saturated carbocycles. The van der Waals surface area contributed by atoms with E-state index in [1.165, 1.54) is 18.3 Å². The van der Waals surface area contributed by atoms with Gasteiger partial charge in [-0.3, -0.25) is 9.59 Å². The Labute approximate surface area is 180 Å². The van der Waals surface area contributed by atoms with Crippen LogP contribution in [0.1, 0.15) is 41.8 Å². The third kappa shape index (κ3) is 4.69. The van der Waals surface area contributed by atoms with Gasteiger partial charge in [-0.2, -0.15) is 0 Å². The predicted octanol–water partition coefficient (Wildman–Crippen LogP) is 2.27. The highest BCUT2D eigenvalue weighted by Crippen LogP contribution is 2.33. The summed E-state index contributed by atoms with van der Waals surface area (Å²) in [6.45, 7) is 5.91. The van der Waals surface area contributed by atoms with Gasteiger partial charge in [-0.15, -0.1) is 0 Å². The maximum absolute atomic E-state index is 13.2. The van der Waals surface area contributed by atoms with Gasteiger partial charge in [-0.25, -0.2) is 9.97 Å². The van der Waals surface area contributed by atoms with Crippen molar-refractivity contribution < 1.29 is 24.2 Å². The normalized spacial score (nSPS) is 13.4. The van der Waals surface area contributed by atoms with E-state index in [1.807, 2.05) is 13.0 Å². The fraction of sp³-hybridized carbons (Fsp3) is 0.364. The van der Waals surface area contributed by atoms with Crippen LogP contribution >= 0.6 is 0 Å². The summed E-state index contributed by atoms with van der Waals surface area (Å²) in [6, 6.07) is 3.53. The molecular formula is C22H24N4O5. The second-order valence-corrected chi connectivity index (χ2v) is 7.79. The average Bonchev–Trinajstić information content (AvgIpc) is 2.85. The van der Waals surface area contributed by atoms with Gasteiger partial charge in [0.1, 0.15) is 30.1 Å². The highest BCUT2D eigenvalue weighted by atomic mass is 16.5. The number of carbonyl (C=O) groups excluding carboxylic acids is 1. The van der Waals surface area contributed by atoms with Crippen molar-refractivity contribution in [3.8, 4) is 23.5 Å². The number of carbonyl (C=O) groups is 2. The Bertz CT molecular complexity index is 1100.